The molecule has 0 saturated carbocycles. The maximum Gasteiger partial charge on any atom is 0.137 e. The van der Waals surface area contributed by atoms with Gasteiger partial charge in [-0.1, -0.05) is 12.2 Å². The van der Waals surface area contributed by atoms with E-state index in [-0.39, 0.29) is 17.9 Å². The third-order valence-electron chi connectivity index (χ3n) is 1.71. The lowest BCUT2D eigenvalue weighted by Crippen LogP contribution is -1.95. The molecule has 0 fully saturated rings. The fraction of sp³-hybridized carbons (Fsp3) is 0.200. The molecule has 4 heteroatoms. The Hall–Kier alpha value is -1.42. The van der Waals surface area contributed by atoms with Crippen LogP contribution in [0.15, 0.2) is 18.2 Å². The smallest absolute Gasteiger partial charge is 0.137 e. The molecule has 0 aliphatic carbocycles. The van der Waals surface area contributed by atoms with Crippen molar-refractivity contribution in [2.24, 2.45) is 5.73 Å². The summed E-state index contributed by atoms with van der Waals surface area (Å²) in [6.07, 6.45) is 2.79. The molecular formula is C10H11F2NO. The molecule has 2 nitrogen and oxygen atoms in total. The van der Waals surface area contributed by atoms with Crippen LogP contribution < -0.4 is 10.5 Å². The standard InChI is InChI=1S/C10H11F2NO/c1-14-7-5-9(11)8(3-2-4-13)10(12)6-7/h2-3,5-6H,4,13H2,1H3/b3-2+. The number of methoxy groups -OCH3 is 1. The van der Waals surface area contributed by atoms with Crippen LogP contribution in [0, 0.1) is 11.6 Å². The third-order valence-corrected chi connectivity index (χ3v) is 1.71. The second-order valence-electron chi connectivity index (χ2n) is 2.64. The first-order chi connectivity index (χ1) is 6.69. The van der Waals surface area contributed by atoms with E-state index in [2.05, 4.69) is 0 Å². The first-order valence-electron chi connectivity index (χ1n) is 4.08. The van der Waals surface area contributed by atoms with Crippen LogP contribution in [0.5, 0.6) is 5.75 Å². The molecule has 76 valence electrons. The summed E-state index contributed by atoms with van der Waals surface area (Å²) in [7, 11) is 1.35. The predicted octanol–water partition coefficient (Wildman–Crippen LogP) is 1.95. The number of rotatable bonds is 3. The van der Waals surface area contributed by atoms with E-state index in [4.69, 9.17) is 10.5 Å². The summed E-state index contributed by atoms with van der Waals surface area (Å²) in [6.45, 7) is 0.241. The number of hydrogen-bond donors (Lipinski definition) is 1. The van der Waals surface area contributed by atoms with Crippen LogP contribution in [0.25, 0.3) is 6.08 Å². The summed E-state index contributed by atoms with van der Waals surface area (Å²) in [6, 6.07) is 2.25. The lowest BCUT2D eigenvalue weighted by atomic mass is 10.1. The third kappa shape index (κ3) is 2.29. The van der Waals surface area contributed by atoms with E-state index in [1.54, 1.807) is 0 Å². The average molecular weight is 199 g/mol. The van der Waals surface area contributed by atoms with Crippen LogP contribution in [0.1, 0.15) is 5.56 Å². The SMILES string of the molecule is COc1cc(F)c(/C=C/CN)c(F)c1. The van der Waals surface area contributed by atoms with Crippen molar-refractivity contribution in [1.82, 2.24) is 0 Å². The van der Waals surface area contributed by atoms with Gasteiger partial charge in [-0.2, -0.15) is 0 Å². The molecule has 14 heavy (non-hydrogen) atoms. The Balaban J connectivity index is 3.11. The van der Waals surface area contributed by atoms with Gasteiger partial charge in [-0.15, -0.1) is 0 Å². The minimum Gasteiger partial charge on any atom is -0.497 e. The van der Waals surface area contributed by atoms with E-state index in [1.165, 1.54) is 19.3 Å². The molecule has 0 radical (unpaired) electrons. The molecule has 0 saturated heterocycles. The van der Waals surface area contributed by atoms with Gasteiger partial charge in [-0.3, -0.25) is 0 Å². The van der Waals surface area contributed by atoms with Crippen LogP contribution in [-0.2, 0) is 0 Å². The van der Waals surface area contributed by atoms with Crippen molar-refractivity contribution >= 4 is 6.08 Å². The quantitative estimate of drug-likeness (QED) is 0.807. The fourth-order valence-corrected chi connectivity index (χ4v) is 1.02. The molecule has 0 heterocycles. The van der Waals surface area contributed by atoms with Crippen LogP contribution >= 0.6 is 0 Å². The maximum absolute atomic E-state index is 13.2. The van der Waals surface area contributed by atoms with Gasteiger partial charge in [0.15, 0.2) is 0 Å². The Morgan fingerprint density at radius 1 is 1.36 bits per heavy atom. The summed E-state index contributed by atoms with van der Waals surface area (Å²) < 4.78 is 31.1. The first kappa shape index (κ1) is 10.7. The average Bonchev–Trinajstić information content (AvgIpc) is 2.16. The topological polar surface area (TPSA) is 35.2 Å². The minimum absolute atomic E-state index is 0.101. The molecule has 0 aromatic heterocycles. The highest BCUT2D eigenvalue weighted by Crippen LogP contribution is 2.21. The lowest BCUT2D eigenvalue weighted by molar-refractivity contribution is 0.406. The van der Waals surface area contributed by atoms with Gasteiger partial charge in [-0.25, -0.2) is 8.78 Å². The van der Waals surface area contributed by atoms with Crippen molar-refractivity contribution in [1.29, 1.82) is 0 Å². The van der Waals surface area contributed by atoms with Gasteiger partial charge in [0.2, 0.25) is 0 Å². The number of hydrogen-bond acceptors (Lipinski definition) is 2. The molecule has 1 rings (SSSR count). The Morgan fingerprint density at radius 3 is 2.36 bits per heavy atom. The Morgan fingerprint density at radius 2 is 1.93 bits per heavy atom. The molecule has 1 aromatic carbocycles. The first-order valence-corrected chi connectivity index (χ1v) is 4.08. The second kappa shape index (κ2) is 4.72. The highest BCUT2D eigenvalue weighted by molar-refractivity contribution is 5.52. The Labute approximate surface area is 81.0 Å². The molecule has 0 atom stereocenters. The van der Waals surface area contributed by atoms with Crippen molar-refractivity contribution in [3.63, 3.8) is 0 Å². The summed E-state index contributed by atoms with van der Waals surface area (Å²) in [5.41, 5.74) is 5.08. The van der Waals surface area contributed by atoms with Gasteiger partial charge in [0.05, 0.1) is 7.11 Å². The molecule has 0 unspecified atom stereocenters. The van der Waals surface area contributed by atoms with Crippen LogP contribution in [0.3, 0.4) is 0 Å². The van der Waals surface area contributed by atoms with Crippen molar-refractivity contribution in [2.45, 2.75) is 0 Å². The molecule has 2 N–H and O–H groups in total. The Kier molecular flexibility index (Phi) is 3.59. The van der Waals surface area contributed by atoms with Crippen LogP contribution in [-0.4, -0.2) is 13.7 Å². The molecule has 1 aromatic rings. The predicted molar refractivity (Wildman–Crippen MR) is 51.0 cm³/mol. The van der Waals surface area contributed by atoms with Crippen LogP contribution in [0.4, 0.5) is 8.78 Å². The zero-order chi connectivity index (χ0) is 10.6. The van der Waals surface area contributed by atoms with Crippen molar-refractivity contribution < 1.29 is 13.5 Å². The van der Waals surface area contributed by atoms with Gasteiger partial charge in [-0.05, 0) is 0 Å². The number of benzene rings is 1. The lowest BCUT2D eigenvalue weighted by Gasteiger charge is -2.03. The summed E-state index contributed by atoms with van der Waals surface area (Å²) in [5, 5.41) is 0. The zero-order valence-electron chi connectivity index (χ0n) is 7.76. The number of halogens is 2. The molecule has 0 aliphatic heterocycles. The molecule has 0 spiro atoms. The maximum atomic E-state index is 13.2. The van der Waals surface area contributed by atoms with E-state index >= 15 is 0 Å². The van der Waals surface area contributed by atoms with Gasteiger partial charge in [0.25, 0.3) is 0 Å². The highest BCUT2D eigenvalue weighted by atomic mass is 19.1. The van der Waals surface area contributed by atoms with Crippen molar-refractivity contribution in [3.05, 3.63) is 35.4 Å². The van der Waals surface area contributed by atoms with Gasteiger partial charge in [0, 0.05) is 24.2 Å². The molecular weight excluding hydrogens is 188 g/mol. The fourth-order valence-electron chi connectivity index (χ4n) is 1.02. The summed E-state index contributed by atoms with van der Waals surface area (Å²) in [4.78, 5) is 0. The highest BCUT2D eigenvalue weighted by Gasteiger charge is 2.08. The van der Waals surface area contributed by atoms with Gasteiger partial charge in [0.1, 0.15) is 17.4 Å². The Bertz CT molecular complexity index is 327. The second-order valence-corrected chi connectivity index (χ2v) is 2.64. The number of nitrogens with two attached hydrogens (primary N) is 1. The monoisotopic (exact) mass is 199 g/mol. The largest absolute Gasteiger partial charge is 0.497 e. The summed E-state index contributed by atoms with van der Waals surface area (Å²) >= 11 is 0. The normalized spacial score (nSPS) is 10.9. The molecule has 0 aliphatic rings. The van der Waals surface area contributed by atoms with E-state index < -0.39 is 11.6 Å². The van der Waals surface area contributed by atoms with Gasteiger partial charge < -0.3 is 10.5 Å². The van der Waals surface area contributed by atoms with E-state index in [1.807, 2.05) is 0 Å². The van der Waals surface area contributed by atoms with E-state index in [0.29, 0.717) is 0 Å². The number of ether oxygens (including phenoxy) is 1. The molecule has 0 amide bonds. The van der Waals surface area contributed by atoms with Crippen molar-refractivity contribution in [2.75, 3.05) is 13.7 Å². The van der Waals surface area contributed by atoms with Crippen molar-refractivity contribution in [3.8, 4) is 5.75 Å². The van der Waals surface area contributed by atoms with E-state index in [9.17, 15) is 8.78 Å². The van der Waals surface area contributed by atoms with Crippen LogP contribution in [0.2, 0.25) is 0 Å². The molecule has 0 bridgehead atoms. The zero-order valence-corrected chi connectivity index (χ0v) is 7.76. The van der Waals surface area contributed by atoms with Gasteiger partial charge >= 0.3 is 0 Å². The minimum atomic E-state index is -0.661. The summed E-state index contributed by atoms with van der Waals surface area (Å²) in [5.74, 6) is -1.16. The van der Waals surface area contributed by atoms with E-state index in [0.717, 1.165) is 12.1 Å².